The second-order valence-corrected chi connectivity index (χ2v) is 4.36. The number of aromatic amines is 1. The van der Waals surface area contributed by atoms with E-state index in [0.717, 1.165) is 11.5 Å². The van der Waals surface area contributed by atoms with E-state index < -0.39 is 5.97 Å². The lowest BCUT2D eigenvalue weighted by molar-refractivity contribution is -0.115. The minimum Gasteiger partial charge on any atom is -0.478 e. The summed E-state index contributed by atoms with van der Waals surface area (Å²) < 4.78 is 3.91. The number of H-pyrrole nitrogens is 1. The fourth-order valence-corrected chi connectivity index (χ4v) is 2.24. The maximum Gasteiger partial charge on any atom is 0.340 e. The third kappa shape index (κ3) is 2.54. The minimum atomic E-state index is -1.10. The number of carboxylic acids is 1. The molecule has 2 aromatic heterocycles. The van der Waals surface area contributed by atoms with Crippen molar-refractivity contribution in [2.24, 2.45) is 0 Å². The van der Waals surface area contributed by atoms with Gasteiger partial charge in [-0.15, -0.1) is 0 Å². The average Bonchev–Trinajstić information content (AvgIpc) is 2.88. The highest BCUT2D eigenvalue weighted by molar-refractivity contribution is 7.11. The summed E-state index contributed by atoms with van der Waals surface area (Å²) in [5.74, 6) is -1.41. The summed E-state index contributed by atoms with van der Waals surface area (Å²) in [6.07, 6.45) is 1.65. The predicted molar refractivity (Wildman–Crippen MR) is 64.7 cm³/mol. The van der Waals surface area contributed by atoms with Crippen LogP contribution in [0, 0.1) is 6.92 Å². The summed E-state index contributed by atoms with van der Waals surface area (Å²) in [5.41, 5.74) is 1.09. The molecule has 0 bridgehead atoms. The molecule has 2 heterocycles. The van der Waals surface area contributed by atoms with Gasteiger partial charge in [-0.25, -0.2) is 4.79 Å². The van der Waals surface area contributed by atoms with Crippen molar-refractivity contribution < 1.29 is 14.7 Å². The zero-order chi connectivity index (χ0) is 13.1. The standard InChI is InChI=1S/C10H10N4O3S/c1-5-8(10(16)17)9(18-14-5)12-7(15)4-6-2-3-11-13-6/h2-3H,4H2,1H3,(H,11,13)(H,12,15)(H,16,17). The molecule has 0 aromatic carbocycles. The van der Waals surface area contributed by atoms with Crippen molar-refractivity contribution in [1.82, 2.24) is 14.6 Å². The summed E-state index contributed by atoms with van der Waals surface area (Å²) in [4.78, 5) is 22.7. The van der Waals surface area contributed by atoms with Gasteiger partial charge in [-0.05, 0) is 24.5 Å². The Morgan fingerprint density at radius 3 is 2.94 bits per heavy atom. The van der Waals surface area contributed by atoms with Crippen molar-refractivity contribution >= 4 is 28.4 Å². The molecule has 0 aliphatic heterocycles. The molecule has 0 aliphatic carbocycles. The summed E-state index contributed by atoms with van der Waals surface area (Å²) in [7, 11) is 0. The highest BCUT2D eigenvalue weighted by Gasteiger charge is 2.19. The maximum absolute atomic E-state index is 11.7. The van der Waals surface area contributed by atoms with Gasteiger partial charge in [-0.1, -0.05) is 0 Å². The number of hydrogen-bond donors (Lipinski definition) is 3. The smallest absolute Gasteiger partial charge is 0.340 e. The van der Waals surface area contributed by atoms with Crippen molar-refractivity contribution in [1.29, 1.82) is 0 Å². The topological polar surface area (TPSA) is 108 Å². The van der Waals surface area contributed by atoms with Gasteiger partial charge in [0.25, 0.3) is 0 Å². The van der Waals surface area contributed by atoms with E-state index in [0.29, 0.717) is 11.4 Å². The van der Waals surface area contributed by atoms with E-state index in [1.54, 1.807) is 19.2 Å². The molecule has 2 rings (SSSR count). The van der Waals surface area contributed by atoms with Crippen molar-refractivity contribution in [3.05, 3.63) is 29.2 Å². The van der Waals surface area contributed by atoms with Crippen LogP contribution in [0.3, 0.4) is 0 Å². The molecule has 1 amide bonds. The first kappa shape index (κ1) is 12.2. The molecule has 0 saturated carbocycles. The fourth-order valence-electron chi connectivity index (χ4n) is 1.43. The molecule has 3 N–H and O–H groups in total. The van der Waals surface area contributed by atoms with Crippen molar-refractivity contribution in [2.75, 3.05) is 5.32 Å². The number of nitrogens with one attached hydrogen (secondary N) is 2. The Labute approximate surface area is 106 Å². The fraction of sp³-hybridized carbons (Fsp3) is 0.200. The van der Waals surface area contributed by atoms with Crippen LogP contribution in [0.15, 0.2) is 12.3 Å². The van der Waals surface area contributed by atoms with Gasteiger partial charge in [0.2, 0.25) is 5.91 Å². The van der Waals surface area contributed by atoms with Gasteiger partial charge in [0.1, 0.15) is 10.6 Å². The normalized spacial score (nSPS) is 10.3. The second kappa shape index (κ2) is 4.96. The number of rotatable bonds is 4. The van der Waals surface area contributed by atoms with E-state index in [2.05, 4.69) is 19.9 Å². The van der Waals surface area contributed by atoms with Crippen molar-refractivity contribution in [3.63, 3.8) is 0 Å². The quantitative estimate of drug-likeness (QED) is 0.766. The molecular formula is C10H10N4O3S. The molecular weight excluding hydrogens is 256 g/mol. The number of carbonyl (C=O) groups excluding carboxylic acids is 1. The van der Waals surface area contributed by atoms with Gasteiger partial charge in [-0.2, -0.15) is 9.47 Å². The van der Waals surface area contributed by atoms with Crippen molar-refractivity contribution in [3.8, 4) is 0 Å². The van der Waals surface area contributed by atoms with E-state index in [9.17, 15) is 9.59 Å². The monoisotopic (exact) mass is 266 g/mol. The van der Waals surface area contributed by atoms with Crippen LogP contribution in [0.2, 0.25) is 0 Å². The van der Waals surface area contributed by atoms with Gasteiger partial charge < -0.3 is 10.4 Å². The molecule has 0 fully saturated rings. The number of hydrogen-bond acceptors (Lipinski definition) is 5. The Morgan fingerprint density at radius 1 is 1.56 bits per heavy atom. The van der Waals surface area contributed by atoms with Crippen LogP contribution >= 0.6 is 11.5 Å². The van der Waals surface area contributed by atoms with Crippen molar-refractivity contribution in [2.45, 2.75) is 13.3 Å². The molecule has 18 heavy (non-hydrogen) atoms. The SMILES string of the molecule is Cc1nsc(NC(=O)Cc2ccn[nH]2)c1C(=O)O. The Morgan fingerprint density at radius 2 is 2.33 bits per heavy atom. The van der Waals surface area contributed by atoms with Gasteiger partial charge in [0, 0.05) is 11.9 Å². The zero-order valence-corrected chi connectivity index (χ0v) is 10.2. The average molecular weight is 266 g/mol. The number of aryl methyl sites for hydroxylation is 1. The number of carbonyl (C=O) groups is 2. The molecule has 0 unspecified atom stereocenters. The summed E-state index contributed by atoms with van der Waals surface area (Å²) in [6, 6.07) is 1.68. The third-order valence-electron chi connectivity index (χ3n) is 2.24. The van der Waals surface area contributed by atoms with Gasteiger partial charge in [0.05, 0.1) is 12.1 Å². The molecule has 94 valence electrons. The van der Waals surface area contributed by atoms with E-state index >= 15 is 0 Å². The van der Waals surface area contributed by atoms with Gasteiger partial charge in [0.15, 0.2) is 0 Å². The third-order valence-corrected chi connectivity index (χ3v) is 3.09. The van der Waals surface area contributed by atoms with Crippen LogP contribution in [0.25, 0.3) is 0 Å². The highest BCUT2D eigenvalue weighted by Crippen LogP contribution is 2.24. The molecule has 0 aliphatic rings. The Balaban J connectivity index is 2.10. The Hall–Kier alpha value is -2.22. The first-order valence-electron chi connectivity index (χ1n) is 5.05. The summed E-state index contributed by atoms with van der Waals surface area (Å²) in [5, 5.41) is 18.2. The minimum absolute atomic E-state index is 0.0398. The highest BCUT2D eigenvalue weighted by atomic mass is 32.1. The lowest BCUT2D eigenvalue weighted by atomic mass is 10.2. The Kier molecular flexibility index (Phi) is 3.38. The molecule has 0 spiro atoms. The predicted octanol–water partition coefficient (Wildman–Crippen LogP) is 1.05. The first-order chi connectivity index (χ1) is 8.58. The van der Waals surface area contributed by atoms with Crippen LogP contribution in [0.1, 0.15) is 21.7 Å². The largest absolute Gasteiger partial charge is 0.478 e. The number of nitrogens with zero attached hydrogens (tertiary/aromatic N) is 2. The maximum atomic E-state index is 11.7. The number of anilines is 1. The van der Waals surface area contributed by atoms with E-state index in [1.807, 2.05) is 0 Å². The van der Waals surface area contributed by atoms with Crippen LogP contribution < -0.4 is 5.32 Å². The molecule has 2 aromatic rings. The molecule has 8 heteroatoms. The van der Waals surface area contributed by atoms with E-state index in [4.69, 9.17) is 5.11 Å². The van der Waals surface area contributed by atoms with Gasteiger partial charge >= 0.3 is 5.97 Å². The van der Waals surface area contributed by atoms with Crippen LogP contribution in [0.4, 0.5) is 5.00 Å². The second-order valence-electron chi connectivity index (χ2n) is 3.58. The van der Waals surface area contributed by atoms with Crippen LogP contribution in [-0.2, 0) is 11.2 Å². The molecule has 7 nitrogen and oxygen atoms in total. The number of amides is 1. The number of aromatic carboxylic acids is 1. The molecule has 0 atom stereocenters. The van der Waals surface area contributed by atoms with Crippen LogP contribution in [-0.4, -0.2) is 31.6 Å². The molecule has 0 radical (unpaired) electrons. The van der Waals surface area contributed by atoms with Gasteiger partial charge in [-0.3, -0.25) is 9.89 Å². The first-order valence-corrected chi connectivity index (χ1v) is 5.83. The summed E-state index contributed by atoms with van der Waals surface area (Å²) in [6.45, 7) is 1.59. The molecule has 0 saturated heterocycles. The lowest BCUT2D eigenvalue weighted by Crippen LogP contribution is -2.15. The summed E-state index contributed by atoms with van der Waals surface area (Å²) >= 11 is 0.957. The number of carboxylic acid groups (broad SMARTS) is 1. The Bertz CT molecular complexity index is 576. The van der Waals surface area contributed by atoms with E-state index in [-0.39, 0.29) is 22.9 Å². The van der Waals surface area contributed by atoms with Crippen LogP contribution in [0.5, 0.6) is 0 Å². The lowest BCUT2D eigenvalue weighted by Gasteiger charge is -2.02. The number of aromatic nitrogens is 3. The van der Waals surface area contributed by atoms with E-state index in [1.165, 1.54) is 0 Å². The zero-order valence-electron chi connectivity index (χ0n) is 9.43.